The van der Waals surface area contributed by atoms with Gasteiger partial charge in [0.25, 0.3) is 0 Å². The van der Waals surface area contributed by atoms with Gasteiger partial charge in [-0.25, -0.2) is 0 Å². The van der Waals surface area contributed by atoms with Crippen LogP contribution in [0.1, 0.15) is 46.0 Å². The SMILES string of the molecule is CCNC1CCN(C(=O)C2CCC2)CC1CC. The van der Waals surface area contributed by atoms with Gasteiger partial charge in [0.05, 0.1) is 0 Å². The normalized spacial score (nSPS) is 30.1. The number of nitrogens with one attached hydrogen (secondary N) is 1. The van der Waals surface area contributed by atoms with E-state index in [1.54, 1.807) is 0 Å². The molecule has 1 heterocycles. The molecule has 98 valence electrons. The molecule has 2 atom stereocenters. The predicted molar refractivity (Wildman–Crippen MR) is 69.8 cm³/mol. The smallest absolute Gasteiger partial charge is 0.225 e. The van der Waals surface area contributed by atoms with Gasteiger partial charge in [-0.1, -0.05) is 26.7 Å². The standard InChI is InChI=1S/C14H26N2O/c1-3-11-10-16(9-8-13(11)15-4-2)14(17)12-6-5-7-12/h11-13,15H,3-10H2,1-2H3. The van der Waals surface area contributed by atoms with E-state index in [9.17, 15) is 4.79 Å². The van der Waals surface area contributed by atoms with Crippen molar-refractivity contribution in [2.45, 2.75) is 52.0 Å². The van der Waals surface area contributed by atoms with Crippen molar-refractivity contribution in [1.82, 2.24) is 10.2 Å². The molecule has 1 saturated carbocycles. The predicted octanol–water partition coefficient (Wildman–Crippen LogP) is 2.02. The fraction of sp³-hybridized carbons (Fsp3) is 0.929. The van der Waals surface area contributed by atoms with Crippen LogP contribution in [0.15, 0.2) is 0 Å². The number of hydrogen-bond acceptors (Lipinski definition) is 2. The third-order valence-corrected chi connectivity index (χ3v) is 4.49. The van der Waals surface area contributed by atoms with Crippen molar-refractivity contribution >= 4 is 5.91 Å². The molecule has 0 aromatic rings. The Labute approximate surface area is 105 Å². The van der Waals surface area contributed by atoms with E-state index in [0.29, 0.717) is 23.8 Å². The Morgan fingerprint density at radius 1 is 1.29 bits per heavy atom. The van der Waals surface area contributed by atoms with Crippen molar-refractivity contribution in [2.75, 3.05) is 19.6 Å². The molecular weight excluding hydrogens is 212 g/mol. The fourth-order valence-corrected chi connectivity index (χ4v) is 3.09. The van der Waals surface area contributed by atoms with Crippen molar-refractivity contribution in [3.8, 4) is 0 Å². The zero-order valence-electron chi connectivity index (χ0n) is 11.2. The maximum absolute atomic E-state index is 12.2. The van der Waals surface area contributed by atoms with E-state index >= 15 is 0 Å². The van der Waals surface area contributed by atoms with Crippen LogP contribution in [-0.2, 0) is 4.79 Å². The number of rotatable bonds is 4. The number of likely N-dealkylation sites (tertiary alicyclic amines) is 1. The summed E-state index contributed by atoms with van der Waals surface area (Å²) in [7, 11) is 0. The highest BCUT2D eigenvalue weighted by atomic mass is 16.2. The molecule has 2 rings (SSSR count). The molecule has 2 fully saturated rings. The molecular formula is C14H26N2O. The minimum Gasteiger partial charge on any atom is -0.342 e. The van der Waals surface area contributed by atoms with Crippen molar-refractivity contribution < 1.29 is 4.79 Å². The lowest BCUT2D eigenvalue weighted by Gasteiger charge is -2.41. The Morgan fingerprint density at radius 2 is 2.06 bits per heavy atom. The van der Waals surface area contributed by atoms with E-state index in [1.807, 2.05) is 0 Å². The molecule has 3 nitrogen and oxygen atoms in total. The summed E-state index contributed by atoms with van der Waals surface area (Å²) in [4.78, 5) is 14.3. The second-order valence-electron chi connectivity index (χ2n) is 5.53. The van der Waals surface area contributed by atoms with Crippen LogP contribution in [0.5, 0.6) is 0 Å². The number of carbonyl (C=O) groups is 1. The lowest BCUT2D eigenvalue weighted by Crippen LogP contribution is -2.52. The summed E-state index contributed by atoms with van der Waals surface area (Å²) < 4.78 is 0. The van der Waals surface area contributed by atoms with Crippen LogP contribution in [0.3, 0.4) is 0 Å². The first-order chi connectivity index (χ1) is 8.26. The largest absolute Gasteiger partial charge is 0.342 e. The van der Waals surface area contributed by atoms with Gasteiger partial charge in [-0.05, 0) is 31.7 Å². The van der Waals surface area contributed by atoms with Gasteiger partial charge >= 0.3 is 0 Å². The van der Waals surface area contributed by atoms with Gasteiger partial charge in [0.2, 0.25) is 5.91 Å². The number of piperidine rings is 1. The topological polar surface area (TPSA) is 32.3 Å². The molecule has 2 unspecified atom stereocenters. The number of amides is 1. The van der Waals surface area contributed by atoms with Crippen LogP contribution in [0.2, 0.25) is 0 Å². The van der Waals surface area contributed by atoms with Crippen molar-refractivity contribution in [3.05, 3.63) is 0 Å². The first kappa shape index (κ1) is 12.9. The van der Waals surface area contributed by atoms with Crippen LogP contribution in [-0.4, -0.2) is 36.5 Å². The monoisotopic (exact) mass is 238 g/mol. The van der Waals surface area contributed by atoms with Crippen LogP contribution >= 0.6 is 0 Å². The molecule has 0 aromatic heterocycles. The third-order valence-electron chi connectivity index (χ3n) is 4.49. The van der Waals surface area contributed by atoms with Crippen LogP contribution in [0, 0.1) is 11.8 Å². The Hall–Kier alpha value is -0.570. The lowest BCUT2D eigenvalue weighted by molar-refractivity contribution is -0.140. The summed E-state index contributed by atoms with van der Waals surface area (Å²) in [6, 6.07) is 0.621. The molecule has 1 N–H and O–H groups in total. The average molecular weight is 238 g/mol. The molecule has 0 aromatic carbocycles. The highest BCUT2D eigenvalue weighted by Crippen LogP contribution is 2.30. The minimum atomic E-state index is 0.364. The van der Waals surface area contributed by atoms with Crippen molar-refractivity contribution in [2.24, 2.45) is 11.8 Å². The molecule has 0 spiro atoms. The summed E-state index contributed by atoms with van der Waals surface area (Å²) in [6.07, 6.45) is 5.81. The molecule has 0 bridgehead atoms. The Morgan fingerprint density at radius 3 is 2.59 bits per heavy atom. The summed E-state index contributed by atoms with van der Waals surface area (Å²) in [5.74, 6) is 1.44. The number of carbonyl (C=O) groups excluding carboxylic acids is 1. The Balaban J connectivity index is 1.88. The molecule has 0 radical (unpaired) electrons. The van der Waals surface area contributed by atoms with E-state index in [0.717, 1.165) is 38.9 Å². The van der Waals surface area contributed by atoms with Gasteiger partial charge in [-0.2, -0.15) is 0 Å². The molecule has 1 saturated heterocycles. The van der Waals surface area contributed by atoms with Gasteiger partial charge in [0.15, 0.2) is 0 Å². The molecule has 1 amide bonds. The minimum absolute atomic E-state index is 0.364. The van der Waals surface area contributed by atoms with E-state index in [-0.39, 0.29) is 0 Å². The van der Waals surface area contributed by atoms with Crippen molar-refractivity contribution in [1.29, 1.82) is 0 Å². The van der Waals surface area contributed by atoms with Gasteiger partial charge in [-0.3, -0.25) is 4.79 Å². The third kappa shape index (κ3) is 2.82. The first-order valence-corrected chi connectivity index (χ1v) is 7.28. The van der Waals surface area contributed by atoms with Gasteiger partial charge in [-0.15, -0.1) is 0 Å². The summed E-state index contributed by atoms with van der Waals surface area (Å²) in [5, 5.41) is 3.56. The second-order valence-corrected chi connectivity index (χ2v) is 5.53. The first-order valence-electron chi connectivity index (χ1n) is 7.28. The summed E-state index contributed by atoms with van der Waals surface area (Å²) >= 11 is 0. The Kier molecular flexibility index (Phi) is 4.43. The summed E-state index contributed by atoms with van der Waals surface area (Å²) in [6.45, 7) is 7.38. The average Bonchev–Trinajstić information content (AvgIpc) is 2.27. The van der Waals surface area contributed by atoms with E-state index in [1.165, 1.54) is 12.8 Å². The van der Waals surface area contributed by atoms with Crippen LogP contribution in [0.25, 0.3) is 0 Å². The highest BCUT2D eigenvalue weighted by molar-refractivity contribution is 5.79. The molecule has 17 heavy (non-hydrogen) atoms. The summed E-state index contributed by atoms with van der Waals surface area (Å²) in [5.41, 5.74) is 0. The fourth-order valence-electron chi connectivity index (χ4n) is 3.09. The Bertz CT molecular complexity index is 263. The highest BCUT2D eigenvalue weighted by Gasteiger charge is 2.34. The van der Waals surface area contributed by atoms with E-state index in [2.05, 4.69) is 24.1 Å². The van der Waals surface area contributed by atoms with Crippen molar-refractivity contribution in [3.63, 3.8) is 0 Å². The second kappa shape index (κ2) is 5.85. The lowest BCUT2D eigenvalue weighted by atomic mass is 9.82. The quantitative estimate of drug-likeness (QED) is 0.812. The van der Waals surface area contributed by atoms with Gasteiger partial charge < -0.3 is 10.2 Å². The zero-order chi connectivity index (χ0) is 12.3. The van der Waals surface area contributed by atoms with Gasteiger partial charge in [0.1, 0.15) is 0 Å². The van der Waals surface area contributed by atoms with E-state index in [4.69, 9.17) is 0 Å². The number of nitrogens with zero attached hydrogens (tertiary/aromatic N) is 1. The number of hydrogen-bond donors (Lipinski definition) is 1. The van der Waals surface area contributed by atoms with E-state index < -0.39 is 0 Å². The molecule has 3 heteroatoms. The van der Waals surface area contributed by atoms with Gasteiger partial charge in [0, 0.05) is 25.0 Å². The maximum atomic E-state index is 12.2. The molecule has 1 aliphatic heterocycles. The van der Waals surface area contributed by atoms with Crippen LogP contribution < -0.4 is 5.32 Å². The zero-order valence-corrected chi connectivity index (χ0v) is 11.2. The maximum Gasteiger partial charge on any atom is 0.225 e. The van der Waals surface area contributed by atoms with Crippen LogP contribution in [0.4, 0.5) is 0 Å². The molecule has 2 aliphatic rings. The molecule has 1 aliphatic carbocycles.